The number of aliphatic hydroxyl groups excluding tert-OH is 1. The Balaban J connectivity index is 2.00. The summed E-state index contributed by atoms with van der Waals surface area (Å²) in [6, 6.07) is 0. The van der Waals surface area contributed by atoms with Gasteiger partial charge in [-0.05, 0) is 31.6 Å². The maximum Gasteiger partial charge on any atom is 0.0709 e. The van der Waals surface area contributed by atoms with Gasteiger partial charge in [-0.2, -0.15) is 0 Å². The van der Waals surface area contributed by atoms with Crippen molar-refractivity contribution >= 4 is 0 Å². The molecule has 0 aromatic carbocycles. The van der Waals surface area contributed by atoms with Crippen LogP contribution in [0.3, 0.4) is 0 Å². The second-order valence-electron chi connectivity index (χ2n) is 4.53. The van der Waals surface area contributed by atoms with Crippen LogP contribution in [0.5, 0.6) is 0 Å². The largest absolute Gasteiger partial charge is 0.393 e. The third kappa shape index (κ3) is 1.50. The van der Waals surface area contributed by atoms with Crippen LogP contribution in [0.1, 0.15) is 39.0 Å². The van der Waals surface area contributed by atoms with Gasteiger partial charge in [0, 0.05) is 13.0 Å². The van der Waals surface area contributed by atoms with Gasteiger partial charge in [0.1, 0.15) is 0 Å². The highest BCUT2D eigenvalue weighted by atomic mass is 16.5. The lowest BCUT2D eigenvalue weighted by Gasteiger charge is -2.36. The molecule has 12 heavy (non-hydrogen) atoms. The number of hydrogen-bond donors (Lipinski definition) is 1. The molecule has 1 spiro atoms. The van der Waals surface area contributed by atoms with E-state index in [4.69, 9.17) is 4.74 Å². The lowest BCUT2D eigenvalue weighted by Crippen LogP contribution is -2.39. The molecule has 0 aromatic rings. The maximum absolute atomic E-state index is 9.54. The average molecular weight is 170 g/mol. The first-order valence-electron chi connectivity index (χ1n) is 5.02. The second kappa shape index (κ2) is 3.00. The lowest BCUT2D eigenvalue weighted by molar-refractivity contribution is -0.115. The SMILES string of the molecule is CC1CCC2(C1)CC(O)CCO2. The summed E-state index contributed by atoms with van der Waals surface area (Å²) >= 11 is 0. The molecule has 2 rings (SSSR count). The summed E-state index contributed by atoms with van der Waals surface area (Å²) in [5, 5.41) is 9.54. The van der Waals surface area contributed by atoms with Gasteiger partial charge in [-0.25, -0.2) is 0 Å². The zero-order valence-corrected chi connectivity index (χ0v) is 7.75. The molecule has 0 amide bonds. The molecule has 0 radical (unpaired) electrons. The van der Waals surface area contributed by atoms with Gasteiger partial charge in [-0.1, -0.05) is 6.92 Å². The summed E-state index contributed by atoms with van der Waals surface area (Å²) < 4.78 is 5.81. The Hall–Kier alpha value is -0.0800. The average Bonchev–Trinajstić information content (AvgIpc) is 2.32. The van der Waals surface area contributed by atoms with Crippen molar-refractivity contribution in [2.24, 2.45) is 5.92 Å². The van der Waals surface area contributed by atoms with Crippen LogP contribution in [0.15, 0.2) is 0 Å². The van der Waals surface area contributed by atoms with E-state index in [0.717, 1.165) is 38.2 Å². The third-order valence-corrected chi connectivity index (χ3v) is 3.28. The number of hydrogen-bond acceptors (Lipinski definition) is 2. The quantitative estimate of drug-likeness (QED) is 0.599. The van der Waals surface area contributed by atoms with Crippen LogP contribution in [0, 0.1) is 5.92 Å². The monoisotopic (exact) mass is 170 g/mol. The Labute approximate surface area is 73.9 Å². The van der Waals surface area contributed by atoms with Crippen molar-refractivity contribution in [3.8, 4) is 0 Å². The van der Waals surface area contributed by atoms with Crippen LogP contribution >= 0.6 is 0 Å². The van der Waals surface area contributed by atoms with Gasteiger partial charge in [0.05, 0.1) is 11.7 Å². The zero-order valence-electron chi connectivity index (χ0n) is 7.75. The van der Waals surface area contributed by atoms with E-state index in [1.807, 2.05) is 0 Å². The van der Waals surface area contributed by atoms with Crippen LogP contribution < -0.4 is 0 Å². The fraction of sp³-hybridized carbons (Fsp3) is 1.00. The zero-order chi connectivity index (χ0) is 8.60. The second-order valence-corrected chi connectivity index (χ2v) is 4.53. The number of aliphatic hydroxyl groups is 1. The summed E-state index contributed by atoms with van der Waals surface area (Å²) in [6.45, 7) is 3.03. The molecular weight excluding hydrogens is 152 g/mol. The molecule has 3 atom stereocenters. The van der Waals surface area contributed by atoms with Crippen molar-refractivity contribution in [3.05, 3.63) is 0 Å². The first-order chi connectivity index (χ1) is 5.70. The Morgan fingerprint density at radius 2 is 2.17 bits per heavy atom. The summed E-state index contributed by atoms with van der Waals surface area (Å²) in [5.74, 6) is 0.787. The molecule has 2 fully saturated rings. The van der Waals surface area contributed by atoms with Gasteiger partial charge < -0.3 is 9.84 Å². The molecule has 3 unspecified atom stereocenters. The molecule has 2 heteroatoms. The molecular formula is C10H18O2. The molecule has 1 N–H and O–H groups in total. The first-order valence-corrected chi connectivity index (χ1v) is 5.02. The normalized spacial score (nSPS) is 48.5. The topological polar surface area (TPSA) is 29.5 Å². The fourth-order valence-electron chi connectivity index (χ4n) is 2.67. The third-order valence-electron chi connectivity index (χ3n) is 3.28. The van der Waals surface area contributed by atoms with Crippen molar-refractivity contribution in [2.45, 2.75) is 50.7 Å². The van der Waals surface area contributed by atoms with Crippen molar-refractivity contribution in [3.63, 3.8) is 0 Å². The highest BCUT2D eigenvalue weighted by molar-refractivity contribution is 4.93. The summed E-state index contributed by atoms with van der Waals surface area (Å²) in [5.41, 5.74) is 0.0666. The molecule has 1 heterocycles. The minimum Gasteiger partial charge on any atom is -0.393 e. The van der Waals surface area contributed by atoms with E-state index in [9.17, 15) is 5.11 Å². The van der Waals surface area contributed by atoms with Crippen molar-refractivity contribution in [1.82, 2.24) is 0 Å². The van der Waals surface area contributed by atoms with E-state index < -0.39 is 0 Å². The van der Waals surface area contributed by atoms with E-state index in [1.165, 1.54) is 6.42 Å². The van der Waals surface area contributed by atoms with E-state index in [1.54, 1.807) is 0 Å². The highest BCUT2D eigenvalue weighted by Gasteiger charge is 2.41. The number of ether oxygens (including phenoxy) is 1. The van der Waals surface area contributed by atoms with Gasteiger partial charge in [0.2, 0.25) is 0 Å². The van der Waals surface area contributed by atoms with E-state index >= 15 is 0 Å². The predicted molar refractivity (Wildman–Crippen MR) is 46.9 cm³/mol. The van der Waals surface area contributed by atoms with Crippen LogP contribution in [0.25, 0.3) is 0 Å². The molecule has 2 nitrogen and oxygen atoms in total. The predicted octanol–water partition coefficient (Wildman–Crippen LogP) is 1.72. The summed E-state index contributed by atoms with van der Waals surface area (Å²) in [4.78, 5) is 0. The smallest absolute Gasteiger partial charge is 0.0709 e. The standard InChI is InChI=1S/C10H18O2/c1-8-2-4-10(6-8)7-9(11)3-5-12-10/h8-9,11H,2-7H2,1H3. The summed E-state index contributed by atoms with van der Waals surface area (Å²) in [7, 11) is 0. The Bertz CT molecular complexity index is 165. The fourth-order valence-corrected chi connectivity index (χ4v) is 2.67. The van der Waals surface area contributed by atoms with Gasteiger partial charge >= 0.3 is 0 Å². The molecule has 0 aromatic heterocycles. The van der Waals surface area contributed by atoms with Crippen LogP contribution in [-0.4, -0.2) is 23.4 Å². The van der Waals surface area contributed by atoms with Gasteiger partial charge in [-0.3, -0.25) is 0 Å². The molecule has 1 saturated heterocycles. The van der Waals surface area contributed by atoms with Crippen molar-refractivity contribution < 1.29 is 9.84 Å². The molecule has 1 aliphatic carbocycles. The first kappa shape index (κ1) is 8.52. The Kier molecular flexibility index (Phi) is 2.13. The minimum atomic E-state index is -0.107. The molecule has 2 aliphatic rings. The Morgan fingerprint density at radius 3 is 2.75 bits per heavy atom. The van der Waals surface area contributed by atoms with Crippen molar-refractivity contribution in [2.75, 3.05) is 6.61 Å². The number of rotatable bonds is 0. The molecule has 0 bridgehead atoms. The van der Waals surface area contributed by atoms with Gasteiger partial charge in [-0.15, -0.1) is 0 Å². The minimum absolute atomic E-state index is 0.0666. The van der Waals surface area contributed by atoms with E-state index in [-0.39, 0.29) is 11.7 Å². The lowest BCUT2D eigenvalue weighted by atomic mass is 9.90. The van der Waals surface area contributed by atoms with Gasteiger partial charge in [0.15, 0.2) is 0 Å². The molecule has 1 aliphatic heterocycles. The highest BCUT2D eigenvalue weighted by Crippen LogP contribution is 2.42. The van der Waals surface area contributed by atoms with Crippen LogP contribution in [0.4, 0.5) is 0 Å². The maximum atomic E-state index is 9.54. The van der Waals surface area contributed by atoms with Gasteiger partial charge in [0.25, 0.3) is 0 Å². The molecule has 70 valence electrons. The van der Waals surface area contributed by atoms with Crippen molar-refractivity contribution in [1.29, 1.82) is 0 Å². The van der Waals surface area contributed by atoms with E-state index in [2.05, 4.69) is 6.92 Å². The van der Waals surface area contributed by atoms with E-state index in [0.29, 0.717) is 0 Å². The summed E-state index contributed by atoms with van der Waals surface area (Å²) in [6.07, 6.45) is 5.18. The van der Waals surface area contributed by atoms with Crippen LogP contribution in [-0.2, 0) is 4.74 Å². The molecule has 1 saturated carbocycles. The Morgan fingerprint density at radius 1 is 1.33 bits per heavy atom. The van der Waals surface area contributed by atoms with Crippen LogP contribution in [0.2, 0.25) is 0 Å².